The molecule has 1 aromatic carbocycles. The second kappa shape index (κ2) is 6.33. The Morgan fingerprint density at radius 2 is 1.81 bits per heavy atom. The summed E-state index contributed by atoms with van der Waals surface area (Å²) in [5.41, 5.74) is -5.00. The smallest absolute Gasteiger partial charge is 0.481 e. The molecule has 0 aliphatic rings. The van der Waals surface area contributed by atoms with Crippen molar-refractivity contribution in [3.8, 4) is 0 Å². The van der Waals surface area contributed by atoms with E-state index >= 15 is 0 Å². The second-order valence-electron chi connectivity index (χ2n) is 4.32. The molecule has 9 heteroatoms. The van der Waals surface area contributed by atoms with Crippen molar-refractivity contribution in [2.24, 2.45) is 0 Å². The van der Waals surface area contributed by atoms with Gasteiger partial charge in [-0.25, -0.2) is 8.42 Å². The molecule has 118 valence electrons. The minimum Gasteiger partial charge on any atom is -0.481 e. The normalized spacial score (nSPS) is 13.7. The Morgan fingerprint density at radius 1 is 1.29 bits per heavy atom. The average molecular weight is 325 g/mol. The van der Waals surface area contributed by atoms with Gasteiger partial charge in [0.25, 0.3) is 9.84 Å². The third kappa shape index (κ3) is 4.35. The van der Waals surface area contributed by atoms with Gasteiger partial charge in [0.1, 0.15) is 0 Å². The molecular weight excluding hydrogens is 311 g/mol. The van der Waals surface area contributed by atoms with Crippen LogP contribution in [0.3, 0.4) is 0 Å². The fourth-order valence-corrected chi connectivity index (χ4v) is 2.37. The van der Waals surface area contributed by atoms with E-state index in [2.05, 4.69) is 5.32 Å². The lowest BCUT2D eigenvalue weighted by Crippen LogP contribution is -2.24. The third-order valence-electron chi connectivity index (χ3n) is 2.75. The van der Waals surface area contributed by atoms with Gasteiger partial charge in [0.05, 0.1) is 11.3 Å². The number of hydrogen-bond donors (Lipinski definition) is 2. The van der Waals surface area contributed by atoms with Gasteiger partial charge in [-0.15, -0.1) is 0 Å². The molecule has 21 heavy (non-hydrogen) atoms. The predicted octanol–water partition coefficient (Wildman–Crippen LogP) is 2.65. The van der Waals surface area contributed by atoms with Crippen LogP contribution in [0.15, 0.2) is 29.2 Å². The summed E-state index contributed by atoms with van der Waals surface area (Å²) in [6, 6.07) is 3.61. The molecule has 5 nitrogen and oxygen atoms in total. The van der Waals surface area contributed by atoms with Crippen LogP contribution >= 0.6 is 0 Å². The first-order valence-corrected chi connectivity index (χ1v) is 7.46. The Kier molecular flexibility index (Phi) is 5.21. The topological polar surface area (TPSA) is 83.5 Å². The molecule has 0 saturated carbocycles. The van der Waals surface area contributed by atoms with Crippen LogP contribution in [0.1, 0.15) is 19.8 Å². The Hall–Kier alpha value is -1.77. The number of anilines is 1. The van der Waals surface area contributed by atoms with E-state index in [1.165, 1.54) is 12.1 Å². The number of nitrogens with one attached hydrogen (secondary N) is 1. The molecule has 0 amide bonds. The Balaban J connectivity index is 2.91. The molecule has 1 rings (SSSR count). The maximum atomic E-state index is 12.4. The summed E-state index contributed by atoms with van der Waals surface area (Å²) in [6.07, 6.45) is 0.341. The summed E-state index contributed by atoms with van der Waals surface area (Å²) in [5.74, 6) is -1.01. The molecule has 0 fully saturated rings. The van der Waals surface area contributed by atoms with Gasteiger partial charge in [-0.3, -0.25) is 4.79 Å². The number of rotatable bonds is 6. The highest BCUT2D eigenvalue weighted by Crippen LogP contribution is 2.30. The van der Waals surface area contributed by atoms with Gasteiger partial charge in [0, 0.05) is 11.7 Å². The van der Waals surface area contributed by atoms with Crippen molar-refractivity contribution in [3.05, 3.63) is 24.3 Å². The largest absolute Gasteiger partial charge is 0.501 e. The Bertz CT molecular complexity index is 596. The number of hydrogen-bond acceptors (Lipinski definition) is 4. The van der Waals surface area contributed by atoms with E-state index in [0.29, 0.717) is 12.1 Å². The van der Waals surface area contributed by atoms with E-state index in [1.54, 1.807) is 6.92 Å². The highest BCUT2D eigenvalue weighted by atomic mass is 32.2. The average Bonchev–Trinajstić information content (AvgIpc) is 2.36. The first-order chi connectivity index (χ1) is 9.57. The Morgan fingerprint density at radius 3 is 2.19 bits per heavy atom. The van der Waals surface area contributed by atoms with E-state index in [0.717, 1.165) is 12.1 Å². The van der Waals surface area contributed by atoms with Crippen molar-refractivity contribution >= 4 is 21.5 Å². The molecule has 0 aliphatic carbocycles. The van der Waals surface area contributed by atoms with Gasteiger partial charge in [-0.1, -0.05) is 6.92 Å². The number of carbonyl (C=O) groups is 1. The van der Waals surface area contributed by atoms with Gasteiger partial charge in [0.2, 0.25) is 0 Å². The van der Waals surface area contributed by atoms with E-state index in [1.807, 2.05) is 0 Å². The molecule has 0 spiro atoms. The number of sulfone groups is 1. The number of aliphatic carboxylic acids is 1. The van der Waals surface area contributed by atoms with Crippen molar-refractivity contribution in [1.82, 2.24) is 0 Å². The second-order valence-corrected chi connectivity index (χ2v) is 6.26. The van der Waals surface area contributed by atoms with Gasteiger partial charge in [0.15, 0.2) is 0 Å². The number of benzene rings is 1. The van der Waals surface area contributed by atoms with Crippen LogP contribution in [0, 0.1) is 0 Å². The maximum absolute atomic E-state index is 12.4. The molecule has 2 N–H and O–H groups in total. The minimum absolute atomic E-state index is 0.154. The molecule has 0 bridgehead atoms. The lowest BCUT2D eigenvalue weighted by molar-refractivity contribution is -0.137. The van der Waals surface area contributed by atoms with E-state index < -0.39 is 32.3 Å². The fraction of sp³-hybridized carbons (Fsp3) is 0.417. The molecule has 1 aromatic rings. The number of carboxylic acid groups (broad SMARTS) is 1. The zero-order valence-corrected chi connectivity index (χ0v) is 11.8. The van der Waals surface area contributed by atoms with E-state index in [-0.39, 0.29) is 6.42 Å². The SMILES string of the molecule is CCC(CC(=O)O)Nc1ccc(S(=O)(=O)C(F)(F)F)cc1. The fourth-order valence-electron chi connectivity index (χ4n) is 1.61. The van der Waals surface area contributed by atoms with Gasteiger partial charge in [-0.05, 0) is 30.7 Å². The quantitative estimate of drug-likeness (QED) is 0.840. The zero-order valence-electron chi connectivity index (χ0n) is 11.0. The Labute approximate surface area is 119 Å². The number of carboxylic acids is 1. The summed E-state index contributed by atoms with van der Waals surface area (Å²) >= 11 is 0. The minimum atomic E-state index is -5.37. The highest BCUT2D eigenvalue weighted by molar-refractivity contribution is 7.92. The zero-order chi connectivity index (χ0) is 16.3. The highest BCUT2D eigenvalue weighted by Gasteiger charge is 2.46. The van der Waals surface area contributed by atoms with Gasteiger partial charge < -0.3 is 10.4 Å². The molecular formula is C12H14F3NO4S. The standard InChI is InChI=1S/C12H14F3NO4S/c1-2-8(7-11(17)18)16-9-3-5-10(6-4-9)21(19,20)12(13,14)15/h3-6,8,16H,2,7H2,1H3,(H,17,18). The molecule has 0 heterocycles. The lowest BCUT2D eigenvalue weighted by atomic mass is 10.1. The third-order valence-corrected chi connectivity index (χ3v) is 4.26. The van der Waals surface area contributed by atoms with Crippen molar-refractivity contribution < 1.29 is 31.5 Å². The van der Waals surface area contributed by atoms with Crippen molar-refractivity contribution in [1.29, 1.82) is 0 Å². The summed E-state index contributed by atoms with van der Waals surface area (Å²) in [5, 5.41) is 11.5. The van der Waals surface area contributed by atoms with Crippen LogP contribution in [0.25, 0.3) is 0 Å². The van der Waals surface area contributed by atoms with Crippen LogP contribution in [-0.4, -0.2) is 31.0 Å². The van der Waals surface area contributed by atoms with Gasteiger partial charge >= 0.3 is 11.5 Å². The van der Waals surface area contributed by atoms with Crippen LogP contribution in [0.5, 0.6) is 0 Å². The predicted molar refractivity (Wildman–Crippen MR) is 69.6 cm³/mol. The monoisotopic (exact) mass is 325 g/mol. The lowest BCUT2D eigenvalue weighted by Gasteiger charge is -2.16. The van der Waals surface area contributed by atoms with Gasteiger partial charge in [-0.2, -0.15) is 13.2 Å². The first-order valence-electron chi connectivity index (χ1n) is 5.97. The summed E-state index contributed by atoms with van der Waals surface area (Å²) in [7, 11) is -5.37. The molecule has 1 atom stereocenters. The molecule has 0 saturated heterocycles. The maximum Gasteiger partial charge on any atom is 0.501 e. The number of alkyl halides is 3. The van der Waals surface area contributed by atoms with Crippen LogP contribution < -0.4 is 5.32 Å². The van der Waals surface area contributed by atoms with E-state index in [9.17, 15) is 26.4 Å². The molecule has 0 aromatic heterocycles. The number of halogens is 3. The van der Waals surface area contributed by atoms with Crippen molar-refractivity contribution in [2.45, 2.75) is 36.2 Å². The van der Waals surface area contributed by atoms with Crippen LogP contribution in [0.2, 0.25) is 0 Å². The first kappa shape index (κ1) is 17.3. The molecule has 0 aliphatic heterocycles. The van der Waals surface area contributed by atoms with Crippen molar-refractivity contribution in [3.63, 3.8) is 0 Å². The van der Waals surface area contributed by atoms with E-state index in [4.69, 9.17) is 5.11 Å². The summed E-state index contributed by atoms with van der Waals surface area (Å²) < 4.78 is 59.4. The summed E-state index contributed by atoms with van der Waals surface area (Å²) in [6.45, 7) is 1.75. The molecule has 0 radical (unpaired) electrons. The van der Waals surface area contributed by atoms with Crippen LogP contribution in [0.4, 0.5) is 18.9 Å². The van der Waals surface area contributed by atoms with Crippen LogP contribution in [-0.2, 0) is 14.6 Å². The summed E-state index contributed by atoms with van der Waals surface area (Å²) in [4.78, 5) is 9.76. The molecule has 1 unspecified atom stereocenters. The van der Waals surface area contributed by atoms with Crippen molar-refractivity contribution in [2.75, 3.05) is 5.32 Å².